The van der Waals surface area contributed by atoms with E-state index in [0.29, 0.717) is 17.6 Å². The van der Waals surface area contributed by atoms with Gasteiger partial charge < -0.3 is 20.1 Å². The SMILES string of the molecule is Cc1cc(Nc2cnnc(NCCCN(C)C)n2)no1. The highest BCUT2D eigenvalue weighted by Crippen LogP contribution is 2.13. The summed E-state index contributed by atoms with van der Waals surface area (Å²) in [5.74, 6) is 2.40. The van der Waals surface area contributed by atoms with Crippen LogP contribution in [0.3, 0.4) is 0 Å². The Kier molecular flexibility index (Phi) is 4.83. The fourth-order valence-corrected chi connectivity index (χ4v) is 1.59. The maximum atomic E-state index is 4.97. The van der Waals surface area contributed by atoms with E-state index in [4.69, 9.17) is 4.52 Å². The number of rotatable bonds is 7. The summed E-state index contributed by atoms with van der Waals surface area (Å²) in [4.78, 5) is 6.43. The van der Waals surface area contributed by atoms with Crippen LogP contribution in [0.4, 0.5) is 17.6 Å². The average molecular weight is 277 g/mol. The van der Waals surface area contributed by atoms with Gasteiger partial charge in [0.2, 0.25) is 5.95 Å². The highest BCUT2D eigenvalue weighted by atomic mass is 16.5. The molecule has 8 heteroatoms. The minimum absolute atomic E-state index is 0.494. The van der Waals surface area contributed by atoms with Crippen molar-refractivity contribution in [2.24, 2.45) is 0 Å². The Labute approximate surface area is 117 Å². The van der Waals surface area contributed by atoms with Crippen LogP contribution >= 0.6 is 0 Å². The smallest absolute Gasteiger partial charge is 0.244 e. The molecule has 0 aliphatic rings. The van der Waals surface area contributed by atoms with Gasteiger partial charge in [-0.2, -0.15) is 10.1 Å². The molecule has 2 N–H and O–H groups in total. The largest absolute Gasteiger partial charge is 0.360 e. The lowest BCUT2D eigenvalue weighted by Gasteiger charge is -2.09. The zero-order valence-electron chi connectivity index (χ0n) is 11.9. The molecule has 0 radical (unpaired) electrons. The molecule has 0 aliphatic heterocycles. The third-order valence-corrected chi connectivity index (χ3v) is 2.51. The molecule has 0 aliphatic carbocycles. The van der Waals surface area contributed by atoms with E-state index in [0.717, 1.165) is 25.3 Å². The zero-order chi connectivity index (χ0) is 14.4. The molecule has 0 saturated carbocycles. The summed E-state index contributed by atoms with van der Waals surface area (Å²) in [5.41, 5.74) is 0. The molecule has 2 heterocycles. The second-order valence-corrected chi connectivity index (χ2v) is 4.70. The second kappa shape index (κ2) is 6.80. The molecule has 0 amide bonds. The number of aryl methyl sites for hydroxylation is 1. The standard InChI is InChI=1S/C12H19N7O/c1-9-7-10(18-20-9)15-11-8-14-17-12(16-11)13-5-4-6-19(2)3/h7-8H,4-6H2,1-3H3,(H2,13,15,16,17,18). The molecule has 0 fully saturated rings. The summed E-state index contributed by atoms with van der Waals surface area (Å²) in [5, 5.41) is 17.8. The molecule has 8 nitrogen and oxygen atoms in total. The van der Waals surface area contributed by atoms with E-state index in [2.05, 4.69) is 35.9 Å². The van der Waals surface area contributed by atoms with Crippen molar-refractivity contribution in [2.75, 3.05) is 37.8 Å². The predicted octanol–water partition coefficient (Wildman–Crippen LogP) is 1.28. The van der Waals surface area contributed by atoms with Crippen molar-refractivity contribution >= 4 is 17.6 Å². The molecule has 108 valence electrons. The summed E-state index contributed by atoms with van der Waals surface area (Å²) in [6.07, 6.45) is 2.55. The maximum Gasteiger partial charge on any atom is 0.244 e. The van der Waals surface area contributed by atoms with E-state index in [-0.39, 0.29) is 0 Å². The molecule has 0 bridgehead atoms. The van der Waals surface area contributed by atoms with Crippen LogP contribution in [0.25, 0.3) is 0 Å². The van der Waals surface area contributed by atoms with Crippen molar-refractivity contribution in [3.8, 4) is 0 Å². The van der Waals surface area contributed by atoms with Gasteiger partial charge >= 0.3 is 0 Å². The van der Waals surface area contributed by atoms with E-state index < -0.39 is 0 Å². The van der Waals surface area contributed by atoms with Gasteiger partial charge in [-0.15, -0.1) is 5.10 Å². The van der Waals surface area contributed by atoms with E-state index in [1.54, 1.807) is 6.07 Å². The number of nitrogens with zero attached hydrogens (tertiary/aromatic N) is 5. The van der Waals surface area contributed by atoms with Gasteiger partial charge in [0.15, 0.2) is 11.6 Å². The van der Waals surface area contributed by atoms with Crippen LogP contribution in [0.1, 0.15) is 12.2 Å². The number of hydrogen-bond donors (Lipinski definition) is 2. The van der Waals surface area contributed by atoms with Crippen LogP contribution in [0.15, 0.2) is 16.8 Å². The van der Waals surface area contributed by atoms with Crippen LogP contribution in [0, 0.1) is 6.92 Å². The minimum Gasteiger partial charge on any atom is -0.360 e. The molecular weight excluding hydrogens is 258 g/mol. The van der Waals surface area contributed by atoms with Gasteiger partial charge in [-0.3, -0.25) is 0 Å². The van der Waals surface area contributed by atoms with Gasteiger partial charge in [0.05, 0.1) is 6.20 Å². The number of anilines is 3. The minimum atomic E-state index is 0.494. The zero-order valence-corrected chi connectivity index (χ0v) is 11.9. The van der Waals surface area contributed by atoms with Crippen molar-refractivity contribution in [3.63, 3.8) is 0 Å². The molecule has 0 saturated heterocycles. The van der Waals surface area contributed by atoms with Crippen molar-refractivity contribution in [2.45, 2.75) is 13.3 Å². The quantitative estimate of drug-likeness (QED) is 0.731. The first-order valence-electron chi connectivity index (χ1n) is 6.42. The van der Waals surface area contributed by atoms with Gasteiger partial charge in [0, 0.05) is 12.6 Å². The summed E-state index contributed by atoms with van der Waals surface area (Å²) < 4.78 is 4.97. The molecule has 2 aromatic heterocycles. The Morgan fingerprint density at radius 2 is 2.15 bits per heavy atom. The van der Waals surface area contributed by atoms with E-state index in [1.165, 1.54) is 6.20 Å². The first-order chi connectivity index (χ1) is 9.63. The van der Waals surface area contributed by atoms with Crippen LogP contribution < -0.4 is 10.6 Å². The topological polar surface area (TPSA) is 92.0 Å². The third-order valence-electron chi connectivity index (χ3n) is 2.51. The van der Waals surface area contributed by atoms with Crippen molar-refractivity contribution in [1.29, 1.82) is 0 Å². The van der Waals surface area contributed by atoms with Crippen molar-refractivity contribution < 1.29 is 4.52 Å². The molecule has 0 spiro atoms. The molecule has 0 atom stereocenters. The third kappa shape index (κ3) is 4.47. The van der Waals surface area contributed by atoms with Gasteiger partial charge in [0.1, 0.15) is 5.76 Å². The first-order valence-corrected chi connectivity index (χ1v) is 6.42. The lowest BCUT2D eigenvalue weighted by Crippen LogP contribution is -2.17. The van der Waals surface area contributed by atoms with Gasteiger partial charge in [-0.25, -0.2) is 0 Å². The predicted molar refractivity (Wildman–Crippen MR) is 76.0 cm³/mol. The van der Waals surface area contributed by atoms with Crippen LogP contribution in [-0.2, 0) is 0 Å². The molecule has 2 rings (SSSR count). The molecular formula is C12H19N7O. The Hall–Kier alpha value is -2.22. The first kappa shape index (κ1) is 14.2. The molecule has 0 aromatic carbocycles. The van der Waals surface area contributed by atoms with E-state index >= 15 is 0 Å². The normalized spacial score (nSPS) is 10.8. The number of aromatic nitrogens is 4. The summed E-state index contributed by atoms with van der Waals surface area (Å²) in [6, 6.07) is 1.78. The van der Waals surface area contributed by atoms with Gasteiger partial charge in [-0.1, -0.05) is 5.16 Å². The summed E-state index contributed by atoms with van der Waals surface area (Å²) in [6.45, 7) is 3.64. The lowest BCUT2D eigenvalue weighted by molar-refractivity contribution is 0.400. The van der Waals surface area contributed by atoms with Gasteiger partial charge in [-0.05, 0) is 34.0 Å². The average Bonchev–Trinajstić information content (AvgIpc) is 2.80. The lowest BCUT2D eigenvalue weighted by atomic mass is 10.4. The Balaban J connectivity index is 1.87. The molecule has 0 unspecified atom stereocenters. The van der Waals surface area contributed by atoms with E-state index in [1.807, 2.05) is 21.0 Å². The fourth-order valence-electron chi connectivity index (χ4n) is 1.59. The monoisotopic (exact) mass is 277 g/mol. The maximum absolute atomic E-state index is 4.97. The summed E-state index contributed by atoms with van der Waals surface area (Å²) in [7, 11) is 4.09. The van der Waals surface area contributed by atoms with Crippen molar-refractivity contribution in [1.82, 2.24) is 25.2 Å². The Morgan fingerprint density at radius 3 is 2.85 bits per heavy atom. The summed E-state index contributed by atoms with van der Waals surface area (Å²) >= 11 is 0. The van der Waals surface area contributed by atoms with Gasteiger partial charge in [0.25, 0.3) is 0 Å². The van der Waals surface area contributed by atoms with Crippen LogP contribution in [0.5, 0.6) is 0 Å². The number of nitrogens with one attached hydrogen (secondary N) is 2. The highest BCUT2D eigenvalue weighted by molar-refractivity contribution is 5.51. The molecule has 2 aromatic rings. The van der Waals surface area contributed by atoms with Crippen LogP contribution in [-0.4, -0.2) is 52.4 Å². The Bertz CT molecular complexity index is 540. The highest BCUT2D eigenvalue weighted by Gasteiger charge is 2.04. The van der Waals surface area contributed by atoms with Crippen LogP contribution in [0.2, 0.25) is 0 Å². The van der Waals surface area contributed by atoms with Crippen molar-refractivity contribution in [3.05, 3.63) is 18.0 Å². The Morgan fingerprint density at radius 1 is 1.30 bits per heavy atom. The number of hydrogen-bond acceptors (Lipinski definition) is 8. The fraction of sp³-hybridized carbons (Fsp3) is 0.500. The van der Waals surface area contributed by atoms with E-state index in [9.17, 15) is 0 Å². The second-order valence-electron chi connectivity index (χ2n) is 4.70. The molecule has 20 heavy (non-hydrogen) atoms.